The number of carbonyl (C=O) groups excluding carboxylic acids is 3. The van der Waals surface area contributed by atoms with Gasteiger partial charge in [-0.2, -0.15) is 0 Å². The van der Waals surface area contributed by atoms with Gasteiger partial charge in [0.1, 0.15) is 11.4 Å². The van der Waals surface area contributed by atoms with Crippen molar-refractivity contribution in [3.63, 3.8) is 0 Å². The van der Waals surface area contributed by atoms with Gasteiger partial charge in [-0.05, 0) is 43.7 Å². The van der Waals surface area contributed by atoms with Gasteiger partial charge in [0.05, 0.1) is 24.6 Å². The van der Waals surface area contributed by atoms with E-state index in [-0.39, 0.29) is 5.69 Å². The molecule has 0 bridgehead atoms. The summed E-state index contributed by atoms with van der Waals surface area (Å²) in [4.78, 5) is 40.4. The number of carbonyl (C=O) groups is 3. The fraction of sp³-hybridized carbons (Fsp3) is 0.318. The number of rotatable bonds is 3. The Morgan fingerprint density at radius 2 is 1.83 bits per heavy atom. The topological polar surface area (TPSA) is 75.7 Å². The monoisotopic (exact) mass is 396 g/mol. The van der Waals surface area contributed by atoms with Crippen molar-refractivity contribution in [1.82, 2.24) is 5.32 Å². The van der Waals surface area contributed by atoms with Gasteiger partial charge in [0, 0.05) is 6.04 Å². The molecule has 2 saturated heterocycles. The summed E-state index contributed by atoms with van der Waals surface area (Å²) in [5.41, 5.74) is 0.732. The standard InChI is InChI=1S/C22H21FN2O4/c1-12-5-4-6-13(11-12)18-16-17(22(2,24-18)21(28)29-3)20(27)25(19(16)26)15-9-7-14(23)8-10-15/h4-11,16-18,24H,1-3H3/t16-,17+,18-,22+/m1/s1. The molecule has 0 unspecified atom stereocenters. The van der Waals surface area contributed by atoms with E-state index in [2.05, 4.69) is 5.32 Å². The lowest BCUT2D eigenvalue weighted by Gasteiger charge is -2.28. The zero-order valence-corrected chi connectivity index (χ0v) is 16.3. The normalized spacial score (nSPS) is 28.6. The third-order valence-corrected chi connectivity index (χ3v) is 5.88. The molecule has 0 spiro atoms. The van der Waals surface area contributed by atoms with Crippen molar-refractivity contribution in [1.29, 1.82) is 0 Å². The highest BCUT2D eigenvalue weighted by molar-refractivity contribution is 6.24. The Hall–Kier alpha value is -3.06. The quantitative estimate of drug-likeness (QED) is 0.637. The lowest BCUT2D eigenvalue weighted by molar-refractivity contribution is -0.151. The Kier molecular flexibility index (Phi) is 4.50. The van der Waals surface area contributed by atoms with Gasteiger partial charge in [0.15, 0.2) is 0 Å². The second kappa shape index (κ2) is 6.77. The largest absolute Gasteiger partial charge is 0.468 e. The van der Waals surface area contributed by atoms with Gasteiger partial charge >= 0.3 is 5.97 Å². The molecule has 2 aliphatic heterocycles. The maximum Gasteiger partial charge on any atom is 0.326 e. The van der Waals surface area contributed by atoms with E-state index in [1.54, 1.807) is 6.92 Å². The van der Waals surface area contributed by atoms with Crippen molar-refractivity contribution in [2.75, 3.05) is 12.0 Å². The lowest BCUT2D eigenvalue weighted by atomic mass is 9.80. The molecule has 29 heavy (non-hydrogen) atoms. The molecular weight excluding hydrogens is 375 g/mol. The summed E-state index contributed by atoms with van der Waals surface area (Å²) in [6.07, 6.45) is 0. The van der Waals surface area contributed by atoms with Crippen molar-refractivity contribution < 1.29 is 23.5 Å². The predicted octanol–water partition coefficient (Wildman–Crippen LogP) is 2.52. The zero-order chi connectivity index (χ0) is 20.9. The maximum absolute atomic E-state index is 13.4. The van der Waals surface area contributed by atoms with E-state index >= 15 is 0 Å². The molecule has 0 aromatic heterocycles. The van der Waals surface area contributed by atoms with Crippen molar-refractivity contribution in [3.05, 3.63) is 65.5 Å². The van der Waals surface area contributed by atoms with E-state index < -0.39 is 47.0 Å². The molecule has 2 heterocycles. The Bertz CT molecular complexity index is 1010. The number of benzene rings is 2. The van der Waals surface area contributed by atoms with Crippen molar-refractivity contribution in [2.24, 2.45) is 11.8 Å². The van der Waals surface area contributed by atoms with Crippen LogP contribution in [-0.4, -0.2) is 30.4 Å². The van der Waals surface area contributed by atoms with E-state index in [9.17, 15) is 18.8 Å². The summed E-state index contributed by atoms with van der Waals surface area (Å²) in [6.45, 7) is 3.52. The lowest BCUT2D eigenvalue weighted by Crippen LogP contribution is -2.54. The SMILES string of the molecule is COC(=O)[C@@]1(C)N[C@H](c2cccc(C)c2)[C@@H]2C(=O)N(c3ccc(F)cc3)C(=O)[C@H]21. The number of imide groups is 1. The molecule has 0 aliphatic carbocycles. The van der Waals surface area contributed by atoms with Crippen LogP contribution in [0.15, 0.2) is 48.5 Å². The minimum atomic E-state index is -1.37. The molecular formula is C22H21FN2O4. The molecule has 6 nitrogen and oxygen atoms in total. The smallest absolute Gasteiger partial charge is 0.326 e. The minimum Gasteiger partial charge on any atom is -0.468 e. The molecule has 7 heteroatoms. The van der Waals surface area contributed by atoms with Gasteiger partial charge in [0.25, 0.3) is 0 Å². The summed E-state index contributed by atoms with van der Waals surface area (Å²) >= 11 is 0. The highest BCUT2D eigenvalue weighted by atomic mass is 19.1. The average molecular weight is 396 g/mol. The van der Waals surface area contributed by atoms with E-state index in [0.717, 1.165) is 16.0 Å². The third kappa shape index (κ3) is 2.84. The molecule has 2 aromatic rings. The second-order valence-corrected chi connectivity index (χ2v) is 7.72. The highest BCUT2D eigenvalue weighted by Crippen LogP contribution is 2.50. The summed E-state index contributed by atoms with van der Waals surface area (Å²) in [5, 5.41) is 3.20. The van der Waals surface area contributed by atoms with Crippen LogP contribution >= 0.6 is 0 Å². The Balaban J connectivity index is 1.83. The van der Waals surface area contributed by atoms with Crippen LogP contribution in [0.25, 0.3) is 0 Å². The van der Waals surface area contributed by atoms with Gasteiger partial charge in [0.2, 0.25) is 11.8 Å². The zero-order valence-electron chi connectivity index (χ0n) is 16.3. The Labute approximate surface area is 167 Å². The fourth-order valence-corrected chi connectivity index (χ4v) is 4.53. The predicted molar refractivity (Wildman–Crippen MR) is 103 cm³/mol. The highest BCUT2D eigenvalue weighted by Gasteiger charge is 2.67. The number of amides is 2. The van der Waals surface area contributed by atoms with Crippen LogP contribution in [0.1, 0.15) is 24.1 Å². The van der Waals surface area contributed by atoms with E-state index in [4.69, 9.17) is 4.74 Å². The van der Waals surface area contributed by atoms with Crippen LogP contribution in [0, 0.1) is 24.6 Å². The summed E-state index contributed by atoms with van der Waals surface area (Å²) in [7, 11) is 1.25. The van der Waals surface area contributed by atoms with Gasteiger partial charge in [-0.15, -0.1) is 0 Å². The molecule has 150 valence electrons. The van der Waals surface area contributed by atoms with Crippen LogP contribution in [-0.2, 0) is 19.1 Å². The molecule has 0 saturated carbocycles. The van der Waals surface area contributed by atoms with E-state index in [1.165, 1.54) is 31.4 Å². The molecule has 4 atom stereocenters. The van der Waals surface area contributed by atoms with Crippen LogP contribution in [0.3, 0.4) is 0 Å². The fourth-order valence-electron chi connectivity index (χ4n) is 4.53. The van der Waals surface area contributed by atoms with Gasteiger partial charge in [-0.1, -0.05) is 29.8 Å². The number of aryl methyl sites for hydroxylation is 1. The summed E-state index contributed by atoms with van der Waals surface area (Å²) in [5.74, 6) is -3.70. The number of nitrogens with one attached hydrogen (secondary N) is 1. The van der Waals surface area contributed by atoms with Crippen molar-refractivity contribution in [2.45, 2.75) is 25.4 Å². The summed E-state index contributed by atoms with van der Waals surface area (Å²) in [6, 6.07) is 12.2. The molecule has 2 aromatic carbocycles. The first-order valence-corrected chi connectivity index (χ1v) is 9.34. The first-order valence-electron chi connectivity index (χ1n) is 9.34. The number of ether oxygens (including phenoxy) is 1. The molecule has 2 aliphatic rings. The van der Waals surface area contributed by atoms with Crippen LogP contribution in [0.5, 0.6) is 0 Å². The second-order valence-electron chi connectivity index (χ2n) is 7.72. The first kappa shape index (κ1) is 19.3. The minimum absolute atomic E-state index is 0.283. The number of hydrogen-bond donors (Lipinski definition) is 1. The molecule has 2 fully saturated rings. The van der Waals surface area contributed by atoms with E-state index in [1.807, 2.05) is 31.2 Å². The van der Waals surface area contributed by atoms with E-state index in [0.29, 0.717) is 0 Å². The first-order chi connectivity index (χ1) is 13.8. The molecule has 0 radical (unpaired) electrons. The summed E-state index contributed by atoms with van der Waals surface area (Å²) < 4.78 is 18.3. The number of methoxy groups -OCH3 is 1. The van der Waals surface area contributed by atoms with Crippen LogP contribution < -0.4 is 10.2 Å². The van der Waals surface area contributed by atoms with Gasteiger partial charge in [-0.3, -0.25) is 19.7 Å². The van der Waals surface area contributed by atoms with Crippen LogP contribution in [0.4, 0.5) is 10.1 Å². The number of fused-ring (bicyclic) bond motifs is 1. The maximum atomic E-state index is 13.4. The third-order valence-electron chi connectivity index (χ3n) is 5.88. The van der Waals surface area contributed by atoms with Crippen LogP contribution in [0.2, 0.25) is 0 Å². The number of hydrogen-bond acceptors (Lipinski definition) is 5. The average Bonchev–Trinajstić information content (AvgIpc) is 3.16. The molecule has 2 amide bonds. The Morgan fingerprint density at radius 1 is 1.14 bits per heavy atom. The number of anilines is 1. The van der Waals surface area contributed by atoms with Gasteiger partial charge in [-0.25, -0.2) is 9.29 Å². The molecule has 4 rings (SSSR count). The van der Waals surface area contributed by atoms with Crippen molar-refractivity contribution >= 4 is 23.5 Å². The number of nitrogens with zero attached hydrogens (tertiary/aromatic N) is 1. The van der Waals surface area contributed by atoms with Gasteiger partial charge < -0.3 is 4.74 Å². The Morgan fingerprint density at radius 3 is 2.45 bits per heavy atom. The molecule has 1 N–H and O–H groups in total. The van der Waals surface area contributed by atoms with Crippen molar-refractivity contribution in [3.8, 4) is 0 Å². The number of esters is 1. The number of halogens is 1.